The summed E-state index contributed by atoms with van der Waals surface area (Å²) in [7, 11) is 0. The van der Waals surface area contributed by atoms with Crippen molar-refractivity contribution in [2.24, 2.45) is 0 Å². The Bertz CT molecular complexity index is 4250. The molecular formula is C74H45N. The third kappa shape index (κ3) is 5.17. The lowest BCUT2D eigenvalue weighted by Gasteiger charge is -2.33. The molecule has 0 bridgehead atoms. The molecule has 0 aliphatic heterocycles. The minimum absolute atomic E-state index is 0.479. The van der Waals surface area contributed by atoms with Gasteiger partial charge in [0.05, 0.1) is 10.8 Å². The topological polar surface area (TPSA) is 3.24 Å². The zero-order valence-corrected chi connectivity index (χ0v) is 40.9. The van der Waals surface area contributed by atoms with E-state index in [1.807, 2.05) is 0 Å². The Hall–Kier alpha value is -9.56. The highest BCUT2D eigenvalue weighted by Crippen LogP contribution is 2.65. The van der Waals surface area contributed by atoms with Crippen LogP contribution < -0.4 is 4.90 Å². The van der Waals surface area contributed by atoms with Gasteiger partial charge in [0.1, 0.15) is 0 Å². The van der Waals surface area contributed by atoms with Crippen molar-refractivity contribution in [2.75, 3.05) is 4.90 Å². The normalized spacial score (nSPS) is 14.1. The molecule has 0 aromatic heterocycles. The fraction of sp³-hybridized carbons (Fsp3) is 0.0270. The van der Waals surface area contributed by atoms with Crippen LogP contribution in [0.5, 0.6) is 0 Å². The molecule has 0 radical (unpaired) electrons. The molecule has 0 heterocycles. The van der Waals surface area contributed by atoms with Gasteiger partial charge in [0.2, 0.25) is 0 Å². The fourth-order valence-electron chi connectivity index (χ4n) is 14.9. The van der Waals surface area contributed by atoms with Gasteiger partial charge in [0.25, 0.3) is 0 Å². The molecule has 17 rings (SSSR count). The molecule has 4 aliphatic rings. The van der Waals surface area contributed by atoms with Gasteiger partial charge in [-0.25, -0.2) is 0 Å². The van der Waals surface area contributed by atoms with Crippen molar-refractivity contribution < 1.29 is 0 Å². The summed E-state index contributed by atoms with van der Waals surface area (Å²) in [4.78, 5) is 2.53. The first-order valence-electron chi connectivity index (χ1n) is 26.3. The van der Waals surface area contributed by atoms with Crippen LogP contribution in [0.15, 0.2) is 273 Å². The maximum Gasteiger partial charge on any atom is 0.0726 e. The molecule has 346 valence electrons. The highest BCUT2D eigenvalue weighted by Gasteiger charge is 2.53. The highest BCUT2D eigenvalue weighted by molar-refractivity contribution is 6.28. The monoisotopic (exact) mass is 947 g/mol. The number of nitrogens with zero attached hydrogens (tertiary/aromatic N) is 1. The summed E-state index contributed by atoms with van der Waals surface area (Å²) in [6, 6.07) is 103. The lowest BCUT2D eigenvalue weighted by atomic mass is 9.70. The van der Waals surface area contributed by atoms with E-state index in [2.05, 4.69) is 278 Å². The van der Waals surface area contributed by atoms with Crippen LogP contribution in [0.25, 0.3) is 88.0 Å². The third-order valence-corrected chi connectivity index (χ3v) is 17.7. The number of fused-ring (bicyclic) bond motifs is 26. The van der Waals surface area contributed by atoms with Crippen molar-refractivity contribution in [3.05, 3.63) is 317 Å². The van der Waals surface area contributed by atoms with E-state index in [1.54, 1.807) is 0 Å². The van der Waals surface area contributed by atoms with Gasteiger partial charge in [-0.2, -0.15) is 0 Å². The van der Waals surface area contributed by atoms with Gasteiger partial charge in [0, 0.05) is 17.1 Å². The minimum Gasteiger partial charge on any atom is -0.310 e. The van der Waals surface area contributed by atoms with Crippen molar-refractivity contribution in [3.8, 4) is 55.6 Å². The van der Waals surface area contributed by atoms with E-state index in [1.165, 1.54) is 132 Å². The zero-order valence-electron chi connectivity index (χ0n) is 40.9. The quantitative estimate of drug-likeness (QED) is 0.159. The van der Waals surface area contributed by atoms with Crippen LogP contribution >= 0.6 is 0 Å². The Balaban J connectivity index is 0.918. The summed E-state index contributed by atoms with van der Waals surface area (Å²) in [6.45, 7) is 0. The van der Waals surface area contributed by atoms with Gasteiger partial charge in [-0.3, -0.25) is 0 Å². The minimum atomic E-state index is -0.479. The van der Waals surface area contributed by atoms with Crippen molar-refractivity contribution in [3.63, 3.8) is 0 Å². The lowest BCUT2D eigenvalue weighted by molar-refractivity contribution is 0.792. The molecule has 0 fully saturated rings. The molecule has 1 nitrogen and oxygen atoms in total. The van der Waals surface area contributed by atoms with Crippen LogP contribution in [0.1, 0.15) is 44.5 Å². The van der Waals surface area contributed by atoms with Gasteiger partial charge in [-0.1, -0.05) is 237 Å². The molecule has 0 saturated heterocycles. The standard InChI is InChI=1S/C74H45N/c1-2-19-53-51(18-1)52-20-3-4-27-62(52)72-50(28-17-29-63(53)72)46-36-38-47(39-37-46)75(48-40-42-60-58-25-9-15-34-68(58)73(70(60)44-48)64-30-11-5-21-54(64)55-22-6-12-31-65(55)73)49-41-43-61-59-26-10-16-35-69(59)74(71(61)45-49)66-32-13-7-23-56(66)57-24-8-14-33-67(57)74/h1-45H. The average molecular weight is 948 g/mol. The second-order valence-corrected chi connectivity index (χ2v) is 20.9. The molecule has 0 amide bonds. The predicted octanol–water partition coefficient (Wildman–Crippen LogP) is 19.0. The maximum atomic E-state index is 2.53. The second kappa shape index (κ2) is 15.0. The molecule has 4 aliphatic carbocycles. The molecule has 75 heavy (non-hydrogen) atoms. The summed E-state index contributed by atoms with van der Waals surface area (Å²) < 4.78 is 0. The number of benzene rings is 13. The van der Waals surface area contributed by atoms with Crippen molar-refractivity contribution in [1.82, 2.24) is 0 Å². The number of rotatable bonds is 4. The van der Waals surface area contributed by atoms with Gasteiger partial charge in [-0.15, -0.1) is 0 Å². The highest BCUT2D eigenvalue weighted by atomic mass is 15.1. The number of anilines is 3. The van der Waals surface area contributed by atoms with E-state index >= 15 is 0 Å². The molecular weight excluding hydrogens is 903 g/mol. The first-order chi connectivity index (χ1) is 37.2. The Morgan fingerprint density at radius 1 is 0.200 bits per heavy atom. The van der Waals surface area contributed by atoms with E-state index in [9.17, 15) is 0 Å². The van der Waals surface area contributed by atoms with E-state index in [0.29, 0.717) is 0 Å². The summed E-state index contributed by atoms with van der Waals surface area (Å²) in [5.74, 6) is 0. The molecule has 0 N–H and O–H groups in total. The fourth-order valence-corrected chi connectivity index (χ4v) is 14.9. The third-order valence-electron chi connectivity index (χ3n) is 17.7. The van der Waals surface area contributed by atoms with E-state index in [0.717, 1.165) is 17.1 Å². The molecule has 0 atom stereocenters. The lowest BCUT2D eigenvalue weighted by Crippen LogP contribution is -2.26. The summed E-state index contributed by atoms with van der Waals surface area (Å²) in [5, 5.41) is 7.69. The zero-order chi connectivity index (χ0) is 49.0. The molecule has 13 aromatic rings. The first-order valence-corrected chi connectivity index (χ1v) is 26.3. The predicted molar refractivity (Wildman–Crippen MR) is 312 cm³/mol. The van der Waals surface area contributed by atoms with Crippen molar-refractivity contribution in [1.29, 1.82) is 0 Å². The van der Waals surface area contributed by atoms with Gasteiger partial charge in [0.15, 0.2) is 0 Å². The van der Waals surface area contributed by atoms with Crippen LogP contribution in [0.3, 0.4) is 0 Å². The van der Waals surface area contributed by atoms with Crippen LogP contribution in [0.2, 0.25) is 0 Å². The summed E-state index contributed by atoms with van der Waals surface area (Å²) in [5.41, 5.74) is 25.9. The average Bonchev–Trinajstić information content (AvgIpc) is 4.32. The van der Waals surface area contributed by atoms with Gasteiger partial charge in [-0.05, 0) is 169 Å². The van der Waals surface area contributed by atoms with Crippen molar-refractivity contribution in [2.45, 2.75) is 10.8 Å². The Morgan fingerprint density at radius 2 is 0.480 bits per heavy atom. The molecule has 0 unspecified atom stereocenters. The van der Waals surface area contributed by atoms with Gasteiger partial charge < -0.3 is 4.90 Å². The summed E-state index contributed by atoms with van der Waals surface area (Å²) >= 11 is 0. The molecule has 0 saturated carbocycles. The van der Waals surface area contributed by atoms with Crippen molar-refractivity contribution >= 4 is 49.4 Å². The molecule has 2 spiro atoms. The Kier molecular flexibility index (Phi) is 8.20. The maximum absolute atomic E-state index is 2.53. The van der Waals surface area contributed by atoms with E-state index < -0.39 is 10.8 Å². The first kappa shape index (κ1) is 41.0. The largest absolute Gasteiger partial charge is 0.310 e. The van der Waals surface area contributed by atoms with E-state index in [-0.39, 0.29) is 0 Å². The number of hydrogen-bond acceptors (Lipinski definition) is 1. The molecule has 13 aromatic carbocycles. The SMILES string of the molecule is c1ccc2c(c1)-c1ccccc1C21c2ccccc2-c2ccc(N(c3ccc(-c4cccc5c6ccccc6c6ccccc6c45)cc3)c3ccc4c(c3)C3(c5ccccc5-c5ccccc53)c3ccccc3-4)cc21. The van der Waals surface area contributed by atoms with Crippen LogP contribution in [-0.4, -0.2) is 0 Å². The van der Waals surface area contributed by atoms with Crippen LogP contribution in [-0.2, 0) is 10.8 Å². The number of hydrogen-bond donors (Lipinski definition) is 0. The van der Waals surface area contributed by atoms with Crippen LogP contribution in [0, 0.1) is 0 Å². The summed E-state index contributed by atoms with van der Waals surface area (Å²) in [6.07, 6.45) is 0. The van der Waals surface area contributed by atoms with E-state index in [4.69, 9.17) is 0 Å². The molecule has 1 heteroatoms. The second-order valence-electron chi connectivity index (χ2n) is 20.9. The van der Waals surface area contributed by atoms with Gasteiger partial charge >= 0.3 is 0 Å². The Morgan fingerprint density at radius 3 is 0.867 bits per heavy atom. The Labute approximate surface area is 435 Å². The smallest absolute Gasteiger partial charge is 0.0726 e. The van der Waals surface area contributed by atoms with Crippen LogP contribution in [0.4, 0.5) is 17.1 Å².